The Morgan fingerprint density at radius 2 is 1.78 bits per heavy atom. The first kappa shape index (κ1) is 18.0. The molecule has 1 fully saturated rings. The van der Waals surface area contributed by atoms with Crippen molar-refractivity contribution in [3.05, 3.63) is 24.0 Å². The van der Waals surface area contributed by atoms with E-state index in [2.05, 4.69) is 42.9 Å². The van der Waals surface area contributed by atoms with Gasteiger partial charge in [-0.15, -0.1) is 0 Å². The summed E-state index contributed by atoms with van der Waals surface area (Å²) >= 11 is 0. The smallest absolute Gasteiger partial charge is 0.246 e. The van der Waals surface area contributed by atoms with E-state index in [9.17, 15) is 4.79 Å². The molecule has 5 heteroatoms. The highest BCUT2D eigenvalue weighted by Crippen LogP contribution is 2.24. The molecule has 0 aliphatic carbocycles. The van der Waals surface area contributed by atoms with E-state index in [1.807, 2.05) is 23.2 Å². The minimum Gasteiger partial charge on any atom is -0.363 e. The number of hydrogen-bond donors (Lipinski definition) is 2. The van der Waals surface area contributed by atoms with Crippen molar-refractivity contribution in [1.29, 1.82) is 0 Å². The summed E-state index contributed by atoms with van der Waals surface area (Å²) in [5.74, 6) is 1.29. The molecule has 2 N–H and O–H groups in total. The highest BCUT2D eigenvalue weighted by atomic mass is 16.2. The molecule has 130 valence electrons. The second-order valence-corrected chi connectivity index (χ2v) is 7.34. The van der Waals surface area contributed by atoms with E-state index in [0.29, 0.717) is 11.8 Å². The predicted molar refractivity (Wildman–Crippen MR) is 94.2 cm³/mol. The van der Waals surface area contributed by atoms with E-state index in [1.165, 1.54) is 0 Å². The van der Waals surface area contributed by atoms with Gasteiger partial charge in [0.15, 0.2) is 0 Å². The van der Waals surface area contributed by atoms with Crippen LogP contribution >= 0.6 is 0 Å². The molecule has 1 aliphatic rings. The number of piperazine rings is 1. The third kappa shape index (κ3) is 5.08. The molecule has 1 aliphatic heterocycles. The summed E-state index contributed by atoms with van der Waals surface area (Å²) in [4.78, 5) is 20.9. The molecule has 1 atom stereocenters. The van der Waals surface area contributed by atoms with Gasteiger partial charge in [-0.05, 0) is 24.0 Å². The zero-order chi connectivity index (χ0) is 16.8. The zero-order valence-corrected chi connectivity index (χ0v) is 15.0. The van der Waals surface area contributed by atoms with Crippen LogP contribution in [-0.4, -0.2) is 60.0 Å². The van der Waals surface area contributed by atoms with Crippen molar-refractivity contribution in [3.63, 3.8) is 0 Å². The molecule has 0 bridgehead atoms. The zero-order valence-electron chi connectivity index (χ0n) is 15.0. The Labute approximate surface area is 140 Å². The molecule has 1 aromatic heterocycles. The van der Waals surface area contributed by atoms with Gasteiger partial charge in [0, 0.05) is 51.2 Å². The summed E-state index contributed by atoms with van der Waals surface area (Å²) in [5.41, 5.74) is 1.01. The molecule has 0 spiro atoms. The Morgan fingerprint density at radius 3 is 2.26 bits per heavy atom. The first-order valence-electron chi connectivity index (χ1n) is 8.86. The van der Waals surface area contributed by atoms with Crippen LogP contribution in [0.5, 0.6) is 0 Å². The third-order valence-corrected chi connectivity index (χ3v) is 4.14. The lowest BCUT2D eigenvalue weighted by Gasteiger charge is -2.37. The minimum absolute atomic E-state index is 0.201. The number of carbonyl (C=O) groups is 1. The average molecular weight is 320 g/mol. The number of amides is 1. The maximum absolute atomic E-state index is 13.2. The second-order valence-electron chi connectivity index (χ2n) is 7.34. The van der Waals surface area contributed by atoms with Crippen LogP contribution in [0.2, 0.25) is 0 Å². The van der Waals surface area contributed by atoms with Crippen molar-refractivity contribution in [1.82, 2.24) is 20.1 Å². The largest absolute Gasteiger partial charge is 0.363 e. The van der Waals surface area contributed by atoms with Gasteiger partial charge >= 0.3 is 0 Å². The number of nitrogens with one attached hydrogen (secondary N) is 2. The number of hydrogen-bond acceptors (Lipinski definition) is 3. The molecular formula is C18H32N4O. The Bertz CT molecular complexity index is 453. The summed E-state index contributed by atoms with van der Waals surface area (Å²) in [6.07, 6.45) is 1.91. The summed E-state index contributed by atoms with van der Waals surface area (Å²) in [7, 11) is 0. The van der Waals surface area contributed by atoms with Gasteiger partial charge in [0.2, 0.25) is 5.91 Å². The number of aromatic nitrogens is 1. The maximum Gasteiger partial charge on any atom is 0.246 e. The van der Waals surface area contributed by atoms with Crippen molar-refractivity contribution in [2.75, 3.05) is 39.3 Å². The van der Waals surface area contributed by atoms with Gasteiger partial charge in [0.25, 0.3) is 0 Å². The number of rotatable bonds is 7. The molecule has 0 radical (unpaired) electrons. The highest BCUT2D eigenvalue weighted by molar-refractivity contribution is 5.83. The average Bonchev–Trinajstić information content (AvgIpc) is 3.01. The summed E-state index contributed by atoms with van der Waals surface area (Å²) in [5, 5.41) is 3.32. The predicted octanol–water partition coefficient (Wildman–Crippen LogP) is 2.10. The molecule has 0 aromatic carbocycles. The number of H-pyrrole nitrogens is 1. The van der Waals surface area contributed by atoms with Crippen LogP contribution in [0.4, 0.5) is 0 Å². The summed E-state index contributed by atoms with van der Waals surface area (Å²) in [6.45, 7) is 14.1. The van der Waals surface area contributed by atoms with Crippen molar-refractivity contribution < 1.29 is 4.79 Å². The molecule has 1 saturated heterocycles. The maximum atomic E-state index is 13.2. The first-order chi connectivity index (χ1) is 11.0. The first-order valence-corrected chi connectivity index (χ1v) is 8.86. The highest BCUT2D eigenvalue weighted by Gasteiger charge is 2.33. The Balaban J connectivity index is 2.25. The quantitative estimate of drug-likeness (QED) is 0.809. The SMILES string of the molecule is CC(C)CN(CC(C)C)C(C(=O)N1CCNCC1)c1ccc[nH]1. The molecule has 1 amide bonds. The number of nitrogens with zero attached hydrogens (tertiary/aromatic N) is 2. The molecule has 0 saturated carbocycles. The van der Waals surface area contributed by atoms with Crippen molar-refractivity contribution in [2.45, 2.75) is 33.7 Å². The van der Waals surface area contributed by atoms with Crippen molar-refractivity contribution in [2.24, 2.45) is 11.8 Å². The minimum atomic E-state index is -0.201. The van der Waals surface area contributed by atoms with Gasteiger partial charge in [-0.25, -0.2) is 0 Å². The monoisotopic (exact) mass is 320 g/mol. The second kappa shape index (κ2) is 8.50. The Kier molecular flexibility index (Phi) is 6.66. The van der Waals surface area contributed by atoms with Gasteiger partial charge in [0.1, 0.15) is 6.04 Å². The van der Waals surface area contributed by atoms with E-state index >= 15 is 0 Å². The van der Waals surface area contributed by atoms with Crippen molar-refractivity contribution >= 4 is 5.91 Å². The number of aromatic amines is 1. The standard InChI is InChI=1S/C18H32N4O/c1-14(2)12-22(13-15(3)4)17(16-6-5-7-20-16)18(23)21-10-8-19-9-11-21/h5-7,14-15,17,19-20H,8-13H2,1-4H3. The lowest BCUT2D eigenvalue weighted by Crippen LogP contribution is -2.51. The molecular weight excluding hydrogens is 288 g/mol. The van der Waals surface area contributed by atoms with Gasteiger partial charge in [-0.1, -0.05) is 27.7 Å². The fourth-order valence-corrected chi connectivity index (χ4v) is 3.28. The van der Waals surface area contributed by atoms with Crippen molar-refractivity contribution in [3.8, 4) is 0 Å². The molecule has 1 aromatic rings. The summed E-state index contributed by atoms with van der Waals surface area (Å²) in [6, 6.07) is 3.82. The van der Waals surface area contributed by atoms with Crippen LogP contribution in [0, 0.1) is 11.8 Å². The van der Waals surface area contributed by atoms with Gasteiger partial charge in [-0.3, -0.25) is 9.69 Å². The third-order valence-electron chi connectivity index (χ3n) is 4.14. The van der Waals surface area contributed by atoms with Crippen LogP contribution in [0.25, 0.3) is 0 Å². The molecule has 23 heavy (non-hydrogen) atoms. The fraction of sp³-hybridized carbons (Fsp3) is 0.722. The van der Waals surface area contributed by atoms with Gasteiger partial charge in [-0.2, -0.15) is 0 Å². The van der Waals surface area contributed by atoms with Gasteiger partial charge in [0.05, 0.1) is 0 Å². The molecule has 5 nitrogen and oxygen atoms in total. The fourth-order valence-electron chi connectivity index (χ4n) is 3.28. The van der Waals surface area contributed by atoms with E-state index in [0.717, 1.165) is 45.0 Å². The summed E-state index contributed by atoms with van der Waals surface area (Å²) < 4.78 is 0. The molecule has 2 heterocycles. The van der Waals surface area contributed by atoms with E-state index in [-0.39, 0.29) is 11.9 Å². The lowest BCUT2D eigenvalue weighted by atomic mass is 10.0. The van der Waals surface area contributed by atoms with Crippen LogP contribution < -0.4 is 5.32 Å². The van der Waals surface area contributed by atoms with E-state index in [1.54, 1.807) is 0 Å². The Morgan fingerprint density at radius 1 is 1.17 bits per heavy atom. The van der Waals surface area contributed by atoms with E-state index in [4.69, 9.17) is 0 Å². The molecule has 2 rings (SSSR count). The van der Waals surface area contributed by atoms with Crippen LogP contribution in [-0.2, 0) is 4.79 Å². The van der Waals surface area contributed by atoms with Crippen LogP contribution in [0.1, 0.15) is 39.4 Å². The Hall–Kier alpha value is -1.33. The molecule has 1 unspecified atom stereocenters. The number of carbonyl (C=O) groups excluding carboxylic acids is 1. The van der Waals surface area contributed by atoms with E-state index < -0.39 is 0 Å². The van der Waals surface area contributed by atoms with Crippen LogP contribution in [0.3, 0.4) is 0 Å². The normalized spacial score (nSPS) is 17.3. The van der Waals surface area contributed by atoms with Crippen LogP contribution in [0.15, 0.2) is 18.3 Å². The lowest BCUT2D eigenvalue weighted by molar-refractivity contribution is -0.138. The topological polar surface area (TPSA) is 51.4 Å². The van der Waals surface area contributed by atoms with Gasteiger partial charge < -0.3 is 15.2 Å².